The van der Waals surface area contributed by atoms with Crippen LogP contribution in [0.15, 0.2) is 91.0 Å². The van der Waals surface area contributed by atoms with Gasteiger partial charge in [0.05, 0.1) is 19.8 Å². The second-order valence-electron chi connectivity index (χ2n) is 9.84. The van der Waals surface area contributed by atoms with Crippen molar-refractivity contribution in [2.24, 2.45) is 0 Å². The summed E-state index contributed by atoms with van der Waals surface area (Å²) in [6.07, 6.45) is -3.81. The first-order valence-electron chi connectivity index (χ1n) is 12.5. The molecule has 6 heteroatoms. The molecule has 1 aliphatic heterocycles. The van der Waals surface area contributed by atoms with E-state index in [2.05, 4.69) is 0 Å². The van der Waals surface area contributed by atoms with Crippen molar-refractivity contribution in [1.29, 1.82) is 0 Å². The molecule has 6 nitrogen and oxygen atoms in total. The lowest BCUT2D eigenvalue weighted by atomic mass is 9.84. The third kappa shape index (κ3) is 5.86. The Labute approximate surface area is 212 Å². The van der Waals surface area contributed by atoms with Crippen LogP contribution in [0.2, 0.25) is 0 Å². The third-order valence-electron chi connectivity index (χ3n) is 6.66. The second kappa shape index (κ2) is 11.2. The minimum absolute atomic E-state index is 0.334. The van der Waals surface area contributed by atoms with E-state index < -0.39 is 42.4 Å². The standard InChI is InChI=1S/C30H34O6/c1-30(2)35-28-26(33-19-22-14-8-4-9-15-22)24(31)25(32-18-21-12-6-3-7-13-21)27(29(28)36-30)34-20-23-16-10-5-11-17-23/h3-17,24-29,31H,18-20H2,1-2H3/t24-,25+,26-,27?,28?,29+/m0/s1. The number of rotatable bonds is 9. The van der Waals surface area contributed by atoms with Crippen molar-refractivity contribution in [3.05, 3.63) is 108 Å². The lowest BCUT2D eigenvalue weighted by Crippen LogP contribution is -2.64. The fourth-order valence-electron chi connectivity index (χ4n) is 4.96. The van der Waals surface area contributed by atoms with Gasteiger partial charge in [0, 0.05) is 0 Å². The molecular formula is C30H34O6. The van der Waals surface area contributed by atoms with Gasteiger partial charge in [0.1, 0.15) is 36.6 Å². The molecule has 1 aliphatic carbocycles. The Morgan fingerprint density at radius 3 is 1.39 bits per heavy atom. The SMILES string of the molecule is CC1(C)OC2[C@H](O1)C(OCc1ccccc1)[C@H](OCc1ccccc1)[C@H](O)[C@@H]2OCc1ccccc1. The van der Waals surface area contributed by atoms with Gasteiger partial charge in [-0.25, -0.2) is 0 Å². The Balaban J connectivity index is 1.40. The molecule has 0 amide bonds. The van der Waals surface area contributed by atoms with Gasteiger partial charge in [-0.3, -0.25) is 0 Å². The van der Waals surface area contributed by atoms with Crippen LogP contribution >= 0.6 is 0 Å². The lowest BCUT2D eigenvalue weighted by molar-refractivity contribution is -0.238. The summed E-state index contributed by atoms with van der Waals surface area (Å²) in [5.74, 6) is -0.841. The van der Waals surface area contributed by atoms with Crippen molar-refractivity contribution in [3.63, 3.8) is 0 Å². The Morgan fingerprint density at radius 1 is 0.583 bits per heavy atom. The molecule has 1 saturated heterocycles. The van der Waals surface area contributed by atoms with Crippen molar-refractivity contribution >= 4 is 0 Å². The molecule has 2 unspecified atom stereocenters. The van der Waals surface area contributed by atoms with Crippen LogP contribution in [0.25, 0.3) is 0 Å². The highest BCUT2D eigenvalue weighted by molar-refractivity contribution is 5.16. The maximum Gasteiger partial charge on any atom is 0.164 e. The zero-order valence-corrected chi connectivity index (χ0v) is 20.7. The normalized spacial score (nSPS) is 29.1. The third-order valence-corrected chi connectivity index (χ3v) is 6.66. The summed E-state index contributed by atoms with van der Waals surface area (Å²) < 4.78 is 31.7. The Hall–Kier alpha value is -2.58. The number of aliphatic hydroxyl groups is 1. The van der Waals surface area contributed by atoms with Crippen molar-refractivity contribution in [2.75, 3.05) is 0 Å². The van der Waals surface area contributed by atoms with Gasteiger partial charge in [0.25, 0.3) is 0 Å². The minimum atomic E-state index is -0.975. The average Bonchev–Trinajstić information content (AvgIpc) is 3.22. The van der Waals surface area contributed by atoms with Gasteiger partial charge in [-0.05, 0) is 30.5 Å². The van der Waals surface area contributed by atoms with E-state index in [9.17, 15) is 5.11 Å². The fourth-order valence-corrected chi connectivity index (χ4v) is 4.96. The van der Waals surface area contributed by atoms with Gasteiger partial charge >= 0.3 is 0 Å². The molecule has 5 rings (SSSR count). The maximum atomic E-state index is 11.6. The van der Waals surface area contributed by atoms with E-state index in [0.29, 0.717) is 19.8 Å². The number of aliphatic hydroxyl groups excluding tert-OH is 1. The van der Waals surface area contributed by atoms with E-state index in [1.54, 1.807) is 0 Å². The van der Waals surface area contributed by atoms with E-state index in [-0.39, 0.29) is 0 Å². The predicted octanol–water partition coefficient (Wildman–Crippen LogP) is 4.64. The van der Waals surface area contributed by atoms with Gasteiger partial charge in [-0.1, -0.05) is 91.0 Å². The first-order chi connectivity index (χ1) is 17.5. The van der Waals surface area contributed by atoms with Crippen LogP contribution in [0.3, 0.4) is 0 Å². The van der Waals surface area contributed by atoms with Gasteiger partial charge < -0.3 is 28.8 Å². The van der Waals surface area contributed by atoms with Gasteiger partial charge in [-0.2, -0.15) is 0 Å². The molecule has 3 aromatic carbocycles. The minimum Gasteiger partial charge on any atom is -0.387 e. The molecule has 190 valence electrons. The number of benzene rings is 3. The van der Waals surface area contributed by atoms with E-state index >= 15 is 0 Å². The number of hydrogen-bond acceptors (Lipinski definition) is 6. The quantitative estimate of drug-likeness (QED) is 0.472. The molecule has 0 bridgehead atoms. The Morgan fingerprint density at radius 2 is 0.944 bits per heavy atom. The topological polar surface area (TPSA) is 66.4 Å². The van der Waals surface area contributed by atoms with Crippen LogP contribution < -0.4 is 0 Å². The molecule has 1 N–H and O–H groups in total. The summed E-state index contributed by atoms with van der Waals surface area (Å²) >= 11 is 0. The van der Waals surface area contributed by atoms with Crippen molar-refractivity contribution in [1.82, 2.24) is 0 Å². The fraction of sp³-hybridized carbons (Fsp3) is 0.400. The monoisotopic (exact) mass is 490 g/mol. The Kier molecular flexibility index (Phi) is 7.82. The first-order valence-corrected chi connectivity index (χ1v) is 12.5. The molecular weight excluding hydrogens is 456 g/mol. The van der Waals surface area contributed by atoms with Crippen LogP contribution in [0.1, 0.15) is 30.5 Å². The van der Waals surface area contributed by atoms with Crippen LogP contribution in [0.4, 0.5) is 0 Å². The zero-order chi connectivity index (χ0) is 25.0. The zero-order valence-electron chi connectivity index (χ0n) is 20.7. The molecule has 36 heavy (non-hydrogen) atoms. The van der Waals surface area contributed by atoms with Crippen LogP contribution in [-0.4, -0.2) is 47.5 Å². The molecule has 3 aromatic rings. The largest absolute Gasteiger partial charge is 0.387 e. The highest BCUT2D eigenvalue weighted by Gasteiger charge is 2.59. The number of ether oxygens (including phenoxy) is 5. The highest BCUT2D eigenvalue weighted by atomic mass is 16.8. The first kappa shape index (κ1) is 25.1. The number of fused-ring (bicyclic) bond motifs is 1. The highest BCUT2D eigenvalue weighted by Crippen LogP contribution is 2.41. The predicted molar refractivity (Wildman–Crippen MR) is 135 cm³/mol. The molecule has 6 atom stereocenters. The van der Waals surface area contributed by atoms with Crippen molar-refractivity contribution < 1.29 is 28.8 Å². The van der Waals surface area contributed by atoms with Crippen molar-refractivity contribution in [2.45, 2.75) is 76.1 Å². The lowest BCUT2D eigenvalue weighted by Gasteiger charge is -2.44. The maximum absolute atomic E-state index is 11.6. The summed E-state index contributed by atoms with van der Waals surface area (Å²) in [4.78, 5) is 0. The average molecular weight is 491 g/mol. The van der Waals surface area contributed by atoms with E-state index in [1.165, 1.54) is 0 Å². The van der Waals surface area contributed by atoms with Crippen LogP contribution in [-0.2, 0) is 43.5 Å². The van der Waals surface area contributed by atoms with Gasteiger partial charge in [-0.15, -0.1) is 0 Å². The van der Waals surface area contributed by atoms with Gasteiger partial charge in [0.2, 0.25) is 0 Å². The smallest absolute Gasteiger partial charge is 0.164 e. The molecule has 1 saturated carbocycles. The summed E-state index contributed by atoms with van der Waals surface area (Å²) in [7, 11) is 0. The summed E-state index contributed by atoms with van der Waals surface area (Å²) in [5.41, 5.74) is 3.06. The molecule has 2 aliphatic rings. The molecule has 0 spiro atoms. The molecule has 0 aromatic heterocycles. The summed E-state index contributed by atoms with van der Waals surface area (Å²) in [5, 5.41) is 11.6. The Bertz CT molecular complexity index is 1070. The van der Waals surface area contributed by atoms with Crippen molar-refractivity contribution in [3.8, 4) is 0 Å². The van der Waals surface area contributed by atoms with Gasteiger partial charge in [0.15, 0.2) is 5.79 Å². The number of hydrogen-bond donors (Lipinski definition) is 1. The van der Waals surface area contributed by atoms with E-state index in [1.807, 2.05) is 105 Å². The van der Waals surface area contributed by atoms with Crippen LogP contribution in [0.5, 0.6) is 0 Å². The molecule has 0 radical (unpaired) electrons. The van der Waals surface area contributed by atoms with Crippen LogP contribution in [0, 0.1) is 0 Å². The second-order valence-corrected chi connectivity index (χ2v) is 9.84. The summed E-state index contributed by atoms with van der Waals surface area (Å²) in [6, 6.07) is 29.8. The summed E-state index contributed by atoms with van der Waals surface area (Å²) in [6.45, 7) is 4.80. The molecule has 1 heterocycles. The van der Waals surface area contributed by atoms with E-state index in [4.69, 9.17) is 23.7 Å². The van der Waals surface area contributed by atoms with E-state index in [0.717, 1.165) is 16.7 Å². The molecule has 2 fully saturated rings.